The van der Waals surface area contributed by atoms with Crippen LogP contribution in [-0.2, 0) is 6.42 Å². The Bertz CT molecular complexity index is 256. The molecule has 1 rings (SSSR count). The van der Waals surface area contributed by atoms with E-state index in [-0.39, 0.29) is 0 Å². The first-order valence-corrected chi connectivity index (χ1v) is 7.24. The van der Waals surface area contributed by atoms with Crippen LogP contribution in [0.3, 0.4) is 0 Å². The fraction of sp³-hybridized carbons (Fsp3) is 0.647. The van der Waals surface area contributed by atoms with Crippen molar-refractivity contribution in [3.05, 3.63) is 35.4 Å². The normalized spacial score (nSPS) is 10.0. The maximum absolute atomic E-state index is 2.31. The molecule has 0 unspecified atom stereocenters. The van der Waals surface area contributed by atoms with Crippen molar-refractivity contribution in [1.29, 1.82) is 0 Å². The van der Waals surface area contributed by atoms with E-state index in [0.29, 0.717) is 0 Å². The second-order valence-corrected chi connectivity index (χ2v) is 4.98. The molecule has 17 heavy (non-hydrogen) atoms. The van der Waals surface area contributed by atoms with Crippen LogP contribution in [0.25, 0.3) is 0 Å². The Kier molecular flexibility index (Phi) is 9.90. The Morgan fingerprint density at radius 3 is 2.00 bits per heavy atom. The summed E-state index contributed by atoms with van der Waals surface area (Å²) in [5.74, 6) is 0.865. The first-order valence-electron chi connectivity index (χ1n) is 7.24. The summed E-state index contributed by atoms with van der Waals surface area (Å²) in [5, 5.41) is 0. The number of aryl methyl sites for hydroxylation is 2. The number of hydrogen-bond acceptors (Lipinski definition) is 0. The molecule has 0 spiro atoms. The van der Waals surface area contributed by atoms with E-state index in [0.717, 1.165) is 5.92 Å². The monoisotopic (exact) mass is 234 g/mol. The molecule has 0 saturated carbocycles. The molecule has 0 N–H and O–H groups in total. The molecule has 0 aliphatic rings. The Morgan fingerprint density at radius 2 is 1.47 bits per heavy atom. The van der Waals surface area contributed by atoms with Gasteiger partial charge in [-0.05, 0) is 31.2 Å². The number of hydrogen-bond donors (Lipinski definition) is 0. The smallest absolute Gasteiger partial charge is 0.0279 e. The predicted molar refractivity (Wildman–Crippen MR) is 79.5 cm³/mol. The number of unbranched alkanes of at least 4 members (excludes halogenated alkanes) is 2. The summed E-state index contributed by atoms with van der Waals surface area (Å²) in [6.07, 6.45) is 6.75. The highest BCUT2D eigenvalue weighted by Gasteiger charge is 1.96. The van der Waals surface area contributed by atoms with Crippen LogP contribution >= 0.6 is 0 Å². The van der Waals surface area contributed by atoms with Gasteiger partial charge in [-0.25, -0.2) is 0 Å². The summed E-state index contributed by atoms with van der Waals surface area (Å²) in [6, 6.07) is 8.95. The van der Waals surface area contributed by atoms with Crippen molar-refractivity contribution >= 4 is 0 Å². The van der Waals surface area contributed by atoms with Crippen LogP contribution < -0.4 is 0 Å². The molecular weight excluding hydrogens is 204 g/mol. The highest BCUT2D eigenvalue weighted by atomic mass is 14.0. The van der Waals surface area contributed by atoms with Crippen LogP contribution in [-0.4, -0.2) is 0 Å². The van der Waals surface area contributed by atoms with Crippen LogP contribution in [0.4, 0.5) is 0 Å². The molecule has 0 fully saturated rings. The van der Waals surface area contributed by atoms with Gasteiger partial charge < -0.3 is 0 Å². The van der Waals surface area contributed by atoms with Crippen molar-refractivity contribution in [2.45, 2.75) is 66.7 Å². The maximum atomic E-state index is 2.31. The zero-order valence-corrected chi connectivity index (χ0v) is 12.4. The number of benzene rings is 1. The molecule has 1 aromatic rings. The first-order chi connectivity index (χ1) is 8.18. The van der Waals surface area contributed by atoms with Crippen molar-refractivity contribution in [3.63, 3.8) is 0 Å². The van der Waals surface area contributed by atoms with E-state index in [1.807, 2.05) is 13.8 Å². The minimum absolute atomic E-state index is 0.865. The summed E-state index contributed by atoms with van der Waals surface area (Å²) < 4.78 is 0. The van der Waals surface area contributed by atoms with Crippen LogP contribution in [0.2, 0.25) is 0 Å². The van der Waals surface area contributed by atoms with E-state index in [9.17, 15) is 0 Å². The van der Waals surface area contributed by atoms with Crippen LogP contribution in [0.1, 0.15) is 64.5 Å². The second-order valence-electron chi connectivity index (χ2n) is 4.98. The SMILES string of the molecule is CC.Cc1ccc(CCCCCC(C)C)cc1. The van der Waals surface area contributed by atoms with Crippen molar-refractivity contribution in [2.24, 2.45) is 5.92 Å². The van der Waals surface area contributed by atoms with Gasteiger partial charge in [-0.1, -0.05) is 76.8 Å². The van der Waals surface area contributed by atoms with E-state index in [2.05, 4.69) is 45.0 Å². The van der Waals surface area contributed by atoms with Gasteiger partial charge >= 0.3 is 0 Å². The lowest BCUT2D eigenvalue weighted by molar-refractivity contribution is 0.527. The van der Waals surface area contributed by atoms with E-state index in [1.54, 1.807) is 0 Å². The minimum Gasteiger partial charge on any atom is -0.0683 e. The van der Waals surface area contributed by atoms with Gasteiger partial charge in [0.15, 0.2) is 0 Å². The third-order valence-corrected chi connectivity index (χ3v) is 2.87. The van der Waals surface area contributed by atoms with E-state index < -0.39 is 0 Å². The fourth-order valence-electron chi connectivity index (χ4n) is 1.81. The van der Waals surface area contributed by atoms with Crippen molar-refractivity contribution in [3.8, 4) is 0 Å². The van der Waals surface area contributed by atoms with Crippen molar-refractivity contribution in [1.82, 2.24) is 0 Å². The molecule has 0 bridgehead atoms. The second kappa shape index (κ2) is 10.4. The van der Waals surface area contributed by atoms with Gasteiger partial charge in [-0.2, -0.15) is 0 Å². The highest BCUT2D eigenvalue weighted by molar-refractivity contribution is 5.21. The molecular formula is C17H30. The molecule has 0 amide bonds. The third-order valence-electron chi connectivity index (χ3n) is 2.87. The van der Waals surface area contributed by atoms with Crippen LogP contribution in [0, 0.1) is 12.8 Å². The molecule has 0 saturated heterocycles. The lowest BCUT2D eigenvalue weighted by Crippen LogP contribution is -1.89. The lowest BCUT2D eigenvalue weighted by atomic mass is 10.0. The quantitative estimate of drug-likeness (QED) is 0.547. The highest BCUT2D eigenvalue weighted by Crippen LogP contribution is 2.11. The average molecular weight is 234 g/mol. The Hall–Kier alpha value is -0.780. The lowest BCUT2D eigenvalue weighted by Gasteiger charge is -2.04. The van der Waals surface area contributed by atoms with Crippen LogP contribution in [0.5, 0.6) is 0 Å². The minimum atomic E-state index is 0.865. The fourth-order valence-corrected chi connectivity index (χ4v) is 1.81. The van der Waals surface area contributed by atoms with Gasteiger partial charge in [0.05, 0.1) is 0 Å². The average Bonchev–Trinajstić information content (AvgIpc) is 2.33. The van der Waals surface area contributed by atoms with Crippen molar-refractivity contribution < 1.29 is 0 Å². The third kappa shape index (κ3) is 8.97. The topological polar surface area (TPSA) is 0 Å². The molecule has 1 aromatic carbocycles. The Balaban J connectivity index is 0.00000121. The molecule has 0 atom stereocenters. The summed E-state index contributed by atoms with van der Waals surface area (Å²) in [7, 11) is 0. The van der Waals surface area contributed by atoms with E-state index in [4.69, 9.17) is 0 Å². The molecule has 0 aromatic heterocycles. The standard InChI is InChI=1S/C15H24.C2H6/c1-13(2)7-5-4-6-8-15-11-9-14(3)10-12-15;1-2/h9-13H,4-8H2,1-3H3;1-2H3. The summed E-state index contributed by atoms with van der Waals surface area (Å²) in [5.41, 5.74) is 2.85. The van der Waals surface area contributed by atoms with Gasteiger partial charge in [0.1, 0.15) is 0 Å². The maximum Gasteiger partial charge on any atom is -0.0279 e. The summed E-state index contributed by atoms with van der Waals surface area (Å²) in [6.45, 7) is 10.8. The Morgan fingerprint density at radius 1 is 0.882 bits per heavy atom. The molecule has 0 heteroatoms. The van der Waals surface area contributed by atoms with Gasteiger partial charge in [-0.15, -0.1) is 0 Å². The van der Waals surface area contributed by atoms with E-state index >= 15 is 0 Å². The first kappa shape index (κ1) is 16.2. The summed E-state index contributed by atoms with van der Waals surface area (Å²) >= 11 is 0. The zero-order chi connectivity index (χ0) is 13.1. The number of rotatable bonds is 6. The largest absolute Gasteiger partial charge is 0.0683 e. The zero-order valence-electron chi connectivity index (χ0n) is 12.4. The van der Waals surface area contributed by atoms with Gasteiger partial charge in [0.25, 0.3) is 0 Å². The molecule has 0 aliphatic carbocycles. The summed E-state index contributed by atoms with van der Waals surface area (Å²) in [4.78, 5) is 0. The van der Waals surface area contributed by atoms with Crippen LogP contribution in [0.15, 0.2) is 24.3 Å². The van der Waals surface area contributed by atoms with E-state index in [1.165, 1.54) is 43.2 Å². The predicted octanol–water partition coefficient (Wildman–Crippen LogP) is 5.78. The molecule has 98 valence electrons. The molecule has 0 aliphatic heterocycles. The molecule has 0 radical (unpaired) electrons. The Labute approximate surface area is 108 Å². The van der Waals surface area contributed by atoms with Gasteiger partial charge in [-0.3, -0.25) is 0 Å². The van der Waals surface area contributed by atoms with Gasteiger partial charge in [0.2, 0.25) is 0 Å². The van der Waals surface area contributed by atoms with Crippen molar-refractivity contribution in [2.75, 3.05) is 0 Å². The van der Waals surface area contributed by atoms with Gasteiger partial charge in [0, 0.05) is 0 Å². The molecule has 0 nitrogen and oxygen atoms in total. The molecule has 0 heterocycles.